The van der Waals surface area contributed by atoms with Gasteiger partial charge in [0.25, 0.3) is 11.6 Å². The minimum Gasteiger partial charge on any atom is -0.366 e. The Hall–Kier alpha value is -2.19. The lowest BCUT2D eigenvalue weighted by molar-refractivity contribution is -0.914. The molecule has 0 aliphatic carbocycles. The molecule has 8 heteroatoms. The summed E-state index contributed by atoms with van der Waals surface area (Å²) in [5.41, 5.74) is 0.926. The van der Waals surface area contributed by atoms with Crippen molar-refractivity contribution >= 4 is 17.3 Å². The molecule has 0 bridgehead atoms. The van der Waals surface area contributed by atoms with Crippen LogP contribution in [0, 0.1) is 16.0 Å². The maximum atomic E-state index is 12.6. The number of nitro benzene ring substituents is 1. The number of rotatable bonds is 7. The van der Waals surface area contributed by atoms with E-state index in [9.17, 15) is 14.9 Å². The van der Waals surface area contributed by atoms with Gasteiger partial charge in [0.2, 0.25) is 0 Å². The zero-order chi connectivity index (χ0) is 20.8. The molecule has 0 aromatic heterocycles. The summed E-state index contributed by atoms with van der Waals surface area (Å²) in [6, 6.07) is 4.80. The van der Waals surface area contributed by atoms with Crippen molar-refractivity contribution in [1.29, 1.82) is 0 Å². The van der Waals surface area contributed by atoms with Gasteiger partial charge in [0.05, 0.1) is 18.1 Å². The van der Waals surface area contributed by atoms with E-state index in [1.807, 2.05) is 4.90 Å². The molecule has 29 heavy (non-hydrogen) atoms. The van der Waals surface area contributed by atoms with Crippen molar-refractivity contribution in [3.05, 3.63) is 33.9 Å². The summed E-state index contributed by atoms with van der Waals surface area (Å²) in [6.07, 6.45) is 3.21. The zero-order valence-electron chi connectivity index (χ0n) is 17.5. The third-order valence-corrected chi connectivity index (χ3v) is 5.64. The predicted octanol–water partition coefficient (Wildman–Crippen LogP) is 1.25. The van der Waals surface area contributed by atoms with Crippen LogP contribution < -0.4 is 15.1 Å². The van der Waals surface area contributed by atoms with Crippen molar-refractivity contribution < 1.29 is 19.4 Å². The van der Waals surface area contributed by atoms with E-state index in [4.69, 9.17) is 4.74 Å². The Morgan fingerprint density at radius 3 is 2.79 bits per heavy atom. The molecule has 2 atom stereocenters. The van der Waals surface area contributed by atoms with E-state index in [1.54, 1.807) is 12.1 Å². The number of ether oxygens (including phenoxy) is 1. The van der Waals surface area contributed by atoms with Crippen molar-refractivity contribution in [2.75, 3.05) is 50.8 Å². The normalized spacial score (nSPS) is 22.5. The Bertz CT molecular complexity index is 719. The summed E-state index contributed by atoms with van der Waals surface area (Å²) in [5.74, 6) is 0.329. The number of hydrogen-bond donors (Lipinski definition) is 2. The molecule has 2 aliphatic heterocycles. The Morgan fingerprint density at radius 2 is 2.10 bits per heavy atom. The van der Waals surface area contributed by atoms with Crippen LogP contribution >= 0.6 is 0 Å². The molecular weight excluding hydrogens is 372 g/mol. The van der Waals surface area contributed by atoms with Gasteiger partial charge in [-0.3, -0.25) is 14.9 Å². The molecule has 2 N–H and O–H groups in total. The fourth-order valence-electron chi connectivity index (χ4n) is 4.27. The second-order valence-corrected chi connectivity index (χ2v) is 8.51. The molecule has 1 aromatic rings. The third-order valence-electron chi connectivity index (χ3n) is 5.64. The van der Waals surface area contributed by atoms with Gasteiger partial charge in [-0.1, -0.05) is 13.8 Å². The van der Waals surface area contributed by atoms with Gasteiger partial charge >= 0.3 is 0 Å². The number of nitrogens with zero attached hydrogens (tertiary/aromatic N) is 2. The van der Waals surface area contributed by atoms with Gasteiger partial charge in [-0.05, 0) is 31.4 Å². The first-order valence-electron chi connectivity index (χ1n) is 10.7. The number of piperidine rings is 1. The predicted molar refractivity (Wildman–Crippen MR) is 112 cm³/mol. The Kier molecular flexibility index (Phi) is 7.44. The Labute approximate surface area is 172 Å². The van der Waals surface area contributed by atoms with E-state index < -0.39 is 4.92 Å². The monoisotopic (exact) mass is 405 g/mol. The topological polar surface area (TPSA) is 89.2 Å². The molecule has 0 spiro atoms. The lowest BCUT2D eigenvalue weighted by Gasteiger charge is -2.31. The molecule has 1 unspecified atom stereocenters. The molecule has 2 heterocycles. The van der Waals surface area contributed by atoms with Crippen LogP contribution in [0.1, 0.15) is 43.5 Å². The van der Waals surface area contributed by atoms with Crippen LogP contribution in [-0.4, -0.2) is 62.8 Å². The van der Waals surface area contributed by atoms with Gasteiger partial charge in [-0.2, -0.15) is 0 Å². The molecule has 2 fully saturated rings. The maximum Gasteiger partial charge on any atom is 0.293 e. The molecule has 1 aromatic carbocycles. The highest BCUT2D eigenvalue weighted by atomic mass is 16.6. The van der Waals surface area contributed by atoms with Crippen LogP contribution in [0.15, 0.2) is 18.2 Å². The summed E-state index contributed by atoms with van der Waals surface area (Å²) in [4.78, 5) is 27.3. The lowest BCUT2D eigenvalue weighted by Crippen LogP contribution is -3.15. The first-order valence-corrected chi connectivity index (χ1v) is 10.7. The summed E-state index contributed by atoms with van der Waals surface area (Å²) in [7, 11) is 0. The van der Waals surface area contributed by atoms with Crippen LogP contribution in [0.4, 0.5) is 11.4 Å². The number of carbonyl (C=O) groups is 1. The molecular formula is C21H33N4O4+. The van der Waals surface area contributed by atoms with Gasteiger partial charge in [-0.15, -0.1) is 0 Å². The molecule has 3 rings (SSSR count). The first-order chi connectivity index (χ1) is 13.9. The van der Waals surface area contributed by atoms with Gasteiger partial charge in [0.1, 0.15) is 24.9 Å². The van der Waals surface area contributed by atoms with Crippen LogP contribution in [0.3, 0.4) is 0 Å². The number of quaternary nitrogens is 1. The number of nitrogens with one attached hydrogen (secondary N) is 2. The van der Waals surface area contributed by atoms with E-state index in [2.05, 4.69) is 19.2 Å². The molecule has 8 nitrogen and oxygen atoms in total. The lowest BCUT2D eigenvalue weighted by atomic mass is 10.1. The molecule has 1 amide bonds. The Morgan fingerprint density at radius 1 is 1.34 bits per heavy atom. The van der Waals surface area contributed by atoms with Gasteiger partial charge in [0.15, 0.2) is 0 Å². The highest BCUT2D eigenvalue weighted by molar-refractivity contribution is 5.95. The third kappa shape index (κ3) is 5.90. The summed E-state index contributed by atoms with van der Waals surface area (Å²) in [6.45, 7) is 10.1. The summed E-state index contributed by atoms with van der Waals surface area (Å²) >= 11 is 0. The molecule has 2 aliphatic rings. The van der Waals surface area contributed by atoms with Gasteiger partial charge < -0.3 is 19.9 Å². The average molecular weight is 406 g/mol. The fraction of sp³-hybridized carbons (Fsp3) is 0.667. The van der Waals surface area contributed by atoms with E-state index in [-0.39, 0.29) is 17.7 Å². The van der Waals surface area contributed by atoms with Crippen LogP contribution in [0.2, 0.25) is 0 Å². The number of anilines is 1. The van der Waals surface area contributed by atoms with Crippen LogP contribution in [0.25, 0.3) is 0 Å². The van der Waals surface area contributed by atoms with E-state index >= 15 is 0 Å². The van der Waals surface area contributed by atoms with Crippen molar-refractivity contribution in [2.24, 2.45) is 5.92 Å². The maximum absolute atomic E-state index is 12.6. The average Bonchev–Trinajstić information content (AvgIpc) is 2.72. The van der Waals surface area contributed by atoms with Gasteiger partial charge in [0, 0.05) is 37.2 Å². The second-order valence-electron chi connectivity index (χ2n) is 8.51. The highest BCUT2D eigenvalue weighted by Gasteiger charge is 2.26. The van der Waals surface area contributed by atoms with Crippen molar-refractivity contribution in [3.63, 3.8) is 0 Å². The van der Waals surface area contributed by atoms with Crippen molar-refractivity contribution in [3.8, 4) is 0 Å². The smallest absolute Gasteiger partial charge is 0.293 e. The van der Waals surface area contributed by atoms with Gasteiger partial charge in [-0.25, -0.2) is 0 Å². The minimum absolute atomic E-state index is 0.000944. The molecule has 0 saturated carbocycles. The van der Waals surface area contributed by atoms with Crippen molar-refractivity contribution in [1.82, 2.24) is 5.32 Å². The molecule has 160 valence electrons. The van der Waals surface area contributed by atoms with E-state index in [1.165, 1.54) is 11.0 Å². The van der Waals surface area contributed by atoms with E-state index in [0.29, 0.717) is 30.3 Å². The largest absolute Gasteiger partial charge is 0.366 e. The van der Waals surface area contributed by atoms with E-state index in [0.717, 1.165) is 52.0 Å². The first kappa shape index (κ1) is 21.5. The molecule has 2 saturated heterocycles. The Balaban J connectivity index is 1.61. The number of hydrogen-bond acceptors (Lipinski definition) is 5. The SMILES string of the molecule is CC(C)C[NH+]1CCO[C@@H](CNC(=O)c2ccc(N3CCCCC3)c([N+](=O)[O-])c2)C1. The van der Waals surface area contributed by atoms with Crippen LogP contribution in [0.5, 0.6) is 0 Å². The number of carbonyl (C=O) groups excluding carboxylic acids is 1. The summed E-state index contributed by atoms with van der Waals surface area (Å²) in [5, 5.41) is 14.5. The molecule has 0 radical (unpaired) electrons. The quantitative estimate of drug-likeness (QED) is 0.527. The zero-order valence-corrected chi connectivity index (χ0v) is 17.5. The number of benzene rings is 1. The van der Waals surface area contributed by atoms with Crippen LogP contribution in [-0.2, 0) is 4.74 Å². The second kappa shape index (κ2) is 10.0. The summed E-state index contributed by atoms with van der Waals surface area (Å²) < 4.78 is 5.79. The number of morpholine rings is 1. The highest BCUT2D eigenvalue weighted by Crippen LogP contribution is 2.31. The fourth-order valence-corrected chi connectivity index (χ4v) is 4.27. The van der Waals surface area contributed by atoms with Crippen molar-refractivity contribution in [2.45, 2.75) is 39.2 Å². The number of amides is 1. The minimum atomic E-state index is -0.391. The standard InChI is InChI=1S/C21H32N4O4/c1-16(2)14-23-10-11-29-18(15-23)13-22-21(26)17-6-7-19(20(12-17)25(27)28)24-8-4-3-5-9-24/h6-7,12,16,18H,3-5,8-11,13-15H2,1-2H3,(H,22,26)/p+1/t18-/m0/s1. The number of nitro groups is 1.